The van der Waals surface area contributed by atoms with E-state index < -0.39 is 0 Å². The molecule has 3 aromatic heterocycles. The van der Waals surface area contributed by atoms with Crippen molar-refractivity contribution in [1.29, 1.82) is 0 Å². The van der Waals surface area contributed by atoms with Crippen LogP contribution in [0.2, 0.25) is 0 Å². The number of rotatable bonds is 5. The molecular formula is C54H27B7N2O. The molecule has 0 atom stereocenters. The molecule has 0 spiro atoms. The lowest BCUT2D eigenvalue weighted by Crippen LogP contribution is -2.48. The van der Waals surface area contributed by atoms with Crippen molar-refractivity contribution in [3.8, 4) is 44.8 Å². The van der Waals surface area contributed by atoms with Crippen LogP contribution in [0.4, 0.5) is 0 Å². The van der Waals surface area contributed by atoms with Gasteiger partial charge in [-0.05, 0) is 99.4 Å². The molecule has 12 rings (SSSR count). The summed E-state index contributed by atoms with van der Waals surface area (Å²) in [5.41, 5.74) is 14.0. The predicted octanol–water partition coefficient (Wildman–Crippen LogP) is 6.34. The zero-order valence-corrected chi connectivity index (χ0v) is 34.4. The molecule has 0 aliphatic rings. The molecule has 0 bridgehead atoms. The lowest BCUT2D eigenvalue weighted by molar-refractivity contribution is 0.669. The largest absolute Gasteiger partial charge is 0.456 e. The Bertz CT molecular complexity index is 3930. The highest BCUT2D eigenvalue weighted by Crippen LogP contribution is 2.39. The van der Waals surface area contributed by atoms with Crippen molar-refractivity contribution < 1.29 is 4.42 Å². The lowest BCUT2D eigenvalue weighted by atomic mass is 9.64. The molecule has 0 saturated heterocycles. The van der Waals surface area contributed by atoms with Crippen LogP contribution < -0.4 is 38.2 Å². The minimum absolute atomic E-state index is 0.163. The second kappa shape index (κ2) is 14.4. The van der Waals surface area contributed by atoms with E-state index in [1.807, 2.05) is 65.2 Å². The minimum Gasteiger partial charge on any atom is -0.456 e. The van der Waals surface area contributed by atoms with Crippen LogP contribution in [0.15, 0.2) is 168 Å². The van der Waals surface area contributed by atoms with Gasteiger partial charge in [0.2, 0.25) is 0 Å². The Balaban J connectivity index is 1.14. The van der Waals surface area contributed by atoms with Gasteiger partial charge in [-0.15, -0.1) is 10.9 Å². The van der Waals surface area contributed by atoms with E-state index in [2.05, 4.69) is 108 Å². The summed E-state index contributed by atoms with van der Waals surface area (Å²) >= 11 is 0. The number of aromatic nitrogens is 2. The maximum Gasteiger partial charge on any atom is 0.135 e. The molecule has 0 unspecified atom stereocenters. The van der Waals surface area contributed by atoms with Crippen LogP contribution in [0.3, 0.4) is 0 Å². The summed E-state index contributed by atoms with van der Waals surface area (Å²) in [6, 6.07) is 56.2. The Morgan fingerprint density at radius 2 is 0.844 bits per heavy atom. The van der Waals surface area contributed by atoms with E-state index >= 15 is 0 Å². The number of furan rings is 1. The van der Waals surface area contributed by atoms with Gasteiger partial charge in [0.15, 0.2) is 0 Å². The van der Waals surface area contributed by atoms with Gasteiger partial charge in [-0.1, -0.05) is 130 Å². The SMILES string of the molecule is [B]c1c([B])c([B])c2c(c1[B])c1c([B])c(-c3ccc4c(c3)c3cc(-c5ccccc5)ccc3n4-c3cccc(-c4ccccc4)c3)c([B])c([B])c1n2-c1ccc2oc3ccccc3c2c1. The zero-order valence-electron chi connectivity index (χ0n) is 34.4. The van der Waals surface area contributed by atoms with Gasteiger partial charge in [0.05, 0.1) is 11.0 Å². The number of benzene rings is 9. The molecule has 280 valence electrons. The summed E-state index contributed by atoms with van der Waals surface area (Å²) in [7, 11) is 48.9. The summed E-state index contributed by atoms with van der Waals surface area (Å²) in [5.74, 6) is 0. The summed E-state index contributed by atoms with van der Waals surface area (Å²) in [5, 5.41) is 5.04. The van der Waals surface area contributed by atoms with Crippen molar-refractivity contribution in [3.63, 3.8) is 0 Å². The van der Waals surface area contributed by atoms with Crippen molar-refractivity contribution in [2.45, 2.75) is 0 Å². The topological polar surface area (TPSA) is 23.0 Å². The van der Waals surface area contributed by atoms with Crippen molar-refractivity contribution in [2.24, 2.45) is 0 Å². The Kier molecular flexibility index (Phi) is 8.69. The molecule has 10 heteroatoms. The number of fused-ring (bicyclic) bond motifs is 9. The molecule has 3 nitrogen and oxygen atoms in total. The summed E-state index contributed by atoms with van der Waals surface area (Å²) in [4.78, 5) is 0. The monoisotopic (exact) mass is 796 g/mol. The highest BCUT2D eigenvalue weighted by molar-refractivity contribution is 6.69. The maximum atomic E-state index is 7.42. The molecule has 64 heavy (non-hydrogen) atoms. The van der Waals surface area contributed by atoms with Crippen LogP contribution >= 0.6 is 0 Å². The van der Waals surface area contributed by atoms with Gasteiger partial charge in [0, 0.05) is 49.3 Å². The van der Waals surface area contributed by atoms with Crippen molar-refractivity contribution in [3.05, 3.63) is 164 Å². The number of nitrogens with zero attached hydrogens (tertiary/aromatic N) is 2. The first-order valence-corrected chi connectivity index (χ1v) is 21.0. The molecule has 0 fully saturated rings. The molecule has 0 aliphatic heterocycles. The fraction of sp³-hybridized carbons (Fsp3) is 0. The molecule has 0 amide bonds. The Hall–Kier alpha value is -7.17. The van der Waals surface area contributed by atoms with Gasteiger partial charge in [-0.25, -0.2) is 0 Å². The molecule has 3 heterocycles. The molecule has 0 saturated carbocycles. The standard InChI is InChI=1S/C54H27B7N2O/c55-46-43(47(56)51(60)53-44(46)45-48(57)49(58)50(59)52(61)54(45)63(53)34-20-23-42-38(27-34)35-16-7-8-17-41(35)64-42)32-19-22-40-37(26-32)36-25-31(29-12-5-2-6-13-29)18-21-39(36)62(40)33-15-9-14-30(24-33)28-10-3-1-4-11-28/h1-27H. The normalized spacial score (nSPS) is 11.9. The van der Waals surface area contributed by atoms with Gasteiger partial charge in [-0.3, -0.25) is 0 Å². The molecule has 0 aliphatic carbocycles. The van der Waals surface area contributed by atoms with E-state index in [9.17, 15) is 0 Å². The quantitative estimate of drug-likeness (QED) is 0.187. The molecular weight excluding hydrogens is 768 g/mol. The minimum atomic E-state index is 0.163. The van der Waals surface area contributed by atoms with Gasteiger partial charge < -0.3 is 13.6 Å². The molecule has 0 N–H and O–H groups in total. The average Bonchev–Trinajstić information content (AvgIpc) is 4.00. The van der Waals surface area contributed by atoms with Crippen molar-refractivity contribution in [2.75, 3.05) is 0 Å². The van der Waals surface area contributed by atoms with Gasteiger partial charge in [0.25, 0.3) is 0 Å². The van der Waals surface area contributed by atoms with Crippen LogP contribution in [0, 0.1) is 0 Å². The summed E-state index contributed by atoms with van der Waals surface area (Å²) in [6.07, 6.45) is 0. The smallest absolute Gasteiger partial charge is 0.135 e. The van der Waals surface area contributed by atoms with Crippen LogP contribution in [-0.2, 0) is 0 Å². The number of hydrogen-bond acceptors (Lipinski definition) is 1. The second-order valence-electron chi connectivity index (χ2n) is 16.4. The lowest BCUT2D eigenvalue weighted by Gasteiger charge is -2.19. The number of hydrogen-bond donors (Lipinski definition) is 0. The van der Waals surface area contributed by atoms with Gasteiger partial charge in [-0.2, -0.15) is 0 Å². The number of para-hydroxylation sites is 1. The first-order chi connectivity index (χ1) is 31.2. The molecule has 9 aromatic carbocycles. The summed E-state index contributed by atoms with van der Waals surface area (Å²) in [6.45, 7) is 0. The first kappa shape index (κ1) is 38.5. The summed E-state index contributed by atoms with van der Waals surface area (Å²) < 4.78 is 10.4. The van der Waals surface area contributed by atoms with E-state index in [-0.39, 0.29) is 21.9 Å². The van der Waals surface area contributed by atoms with Crippen LogP contribution in [0.25, 0.3) is 110 Å². The van der Waals surface area contributed by atoms with Crippen molar-refractivity contribution in [1.82, 2.24) is 9.13 Å². The third kappa shape index (κ3) is 5.58. The fourth-order valence-electron chi connectivity index (χ4n) is 9.84. The van der Waals surface area contributed by atoms with E-state index in [1.54, 1.807) is 0 Å². The highest BCUT2D eigenvalue weighted by atomic mass is 16.3. The maximum absolute atomic E-state index is 7.42. The predicted molar refractivity (Wildman–Crippen MR) is 276 cm³/mol. The Labute approximate surface area is 379 Å². The average molecular weight is 796 g/mol. The zero-order chi connectivity index (χ0) is 43.5. The first-order valence-electron chi connectivity index (χ1n) is 21.0. The van der Waals surface area contributed by atoms with Crippen LogP contribution in [0.5, 0.6) is 0 Å². The van der Waals surface area contributed by atoms with Crippen molar-refractivity contribution >= 4 is 159 Å². The van der Waals surface area contributed by atoms with E-state index in [1.165, 1.54) is 0 Å². The van der Waals surface area contributed by atoms with Gasteiger partial charge >= 0.3 is 0 Å². The Morgan fingerprint density at radius 3 is 1.55 bits per heavy atom. The second-order valence-corrected chi connectivity index (χ2v) is 16.4. The third-order valence-corrected chi connectivity index (χ3v) is 12.9. The highest BCUT2D eigenvalue weighted by Gasteiger charge is 2.25. The van der Waals surface area contributed by atoms with Crippen LogP contribution in [0.1, 0.15) is 0 Å². The third-order valence-electron chi connectivity index (χ3n) is 12.9. The van der Waals surface area contributed by atoms with Gasteiger partial charge in [0.1, 0.15) is 66.1 Å². The van der Waals surface area contributed by atoms with Crippen LogP contribution in [-0.4, -0.2) is 64.1 Å². The van der Waals surface area contributed by atoms with E-state index in [0.717, 1.165) is 82.9 Å². The Morgan fingerprint density at radius 1 is 0.312 bits per heavy atom. The molecule has 14 radical (unpaired) electrons. The van der Waals surface area contributed by atoms with E-state index in [0.29, 0.717) is 43.8 Å². The molecule has 12 aromatic rings. The fourth-order valence-corrected chi connectivity index (χ4v) is 9.84. The van der Waals surface area contributed by atoms with E-state index in [4.69, 9.17) is 59.3 Å².